The van der Waals surface area contributed by atoms with Gasteiger partial charge in [0.15, 0.2) is 16.6 Å². The third-order valence-corrected chi connectivity index (χ3v) is 7.47. The van der Waals surface area contributed by atoms with Gasteiger partial charge in [-0.05, 0) is 44.0 Å². The second kappa shape index (κ2) is 10.5. The molecular weight excluding hydrogens is 474 g/mol. The van der Waals surface area contributed by atoms with Crippen LogP contribution in [0.15, 0.2) is 36.4 Å². The summed E-state index contributed by atoms with van der Waals surface area (Å²) in [7, 11) is 0. The summed E-state index contributed by atoms with van der Waals surface area (Å²) in [5.41, 5.74) is 3.23. The Morgan fingerprint density at radius 3 is 2.47 bits per heavy atom. The molecule has 1 saturated heterocycles. The van der Waals surface area contributed by atoms with E-state index in [-0.39, 0.29) is 18.3 Å². The fourth-order valence-electron chi connectivity index (χ4n) is 4.27. The van der Waals surface area contributed by atoms with Gasteiger partial charge in [0, 0.05) is 26.2 Å². The molecule has 0 aliphatic carbocycles. The first-order valence-corrected chi connectivity index (χ1v) is 12.2. The van der Waals surface area contributed by atoms with E-state index in [2.05, 4.69) is 30.9 Å². The first-order chi connectivity index (χ1) is 16.0. The van der Waals surface area contributed by atoms with Crippen LogP contribution in [-0.2, 0) is 9.53 Å². The second-order valence-electron chi connectivity index (χ2n) is 8.63. The van der Waals surface area contributed by atoms with E-state index in [1.54, 1.807) is 16.2 Å². The van der Waals surface area contributed by atoms with E-state index >= 15 is 0 Å². The standard InChI is InChI=1S/C25H29N3O4S.ClH/c1-16-8-9-17(2)23-21(16)26-25(33-23)28(11-10-27-12-14-30-15-13-27)24(29)22-18(3)31-19-6-4-5-7-20(19)32-22;/h4-9,18,22H,10-15H2,1-3H3;1H. The van der Waals surface area contributed by atoms with Crippen LogP contribution in [0.3, 0.4) is 0 Å². The molecule has 1 aromatic heterocycles. The molecule has 2 unspecified atom stereocenters. The minimum atomic E-state index is -0.737. The molecule has 0 bridgehead atoms. The molecule has 9 heteroatoms. The van der Waals surface area contributed by atoms with Crippen LogP contribution in [0.25, 0.3) is 10.2 Å². The fourth-order valence-corrected chi connectivity index (χ4v) is 5.42. The molecule has 0 saturated carbocycles. The minimum absolute atomic E-state index is 0. The summed E-state index contributed by atoms with van der Waals surface area (Å²) in [6.07, 6.45) is -1.14. The number of para-hydroxylation sites is 2. The smallest absolute Gasteiger partial charge is 0.273 e. The molecule has 34 heavy (non-hydrogen) atoms. The van der Waals surface area contributed by atoms with Gasteiger partial charge in [0.2, 0.25) is 6.10 Å². The highest BCUT2D eigenvalue weighted by Crippen LogP contribution is 2.36. The van der Waals surface area contributed by atoms with Crippen molar-refractivity contribution in [3.05, 3.63) is 47.5 Å². The number of anilines is 1. The first-order valence-electron chi connectivity index (χ1n) is 11.4. The number of aromatic nitrogens is 1. The Morgan fingerprint density at radius 2 is 1.76 bits per heavy atom. The summed E-state index contributed by atoms with van der Waals surface area (Å²) in [5, 5.41) is 0.704. The van der Waals surface area contributed by atoms with Crippen molar-refractivity contribution in [1.82, 2.24) is 9.88 Å². The molecule has 1 amide bonds. The maximum Gasteiger partial charge on any atom is 0.273 e. The molecule has 0 N–H and O–H groups in total. The van der Waals surface area contributed by atoms with Crippen LogP contribution in [0.5, 0.6) is 11.5 Å². The highest BCUT2D eigenvalue weighted by Gasteiger charge is 2.38. The zero-order valence-corrected chi connectivity index (χ0v) is 21.3. The normalized spacial score (nSPS) is 20.1. The van der Waals surface area contributed by atoms with Crippen molar-refractivity contribution in [3.63, 3.8) is 0 Å². The number of nitrogens with zero attached hydrogens (tertiary/aromatic N) is 3. The number of carbonyl (C=O) groups excluding carboxylic acids is 1. The van der Waals surface area contributed by atoms with Crippen LogP contribution < -0.4 is 14.4 Å². The number of fused-ring (bicyclic) bond motifs is 2. The molecule has 7 nitrogen and oxygen atoms in total. The lowest BCUT2D eigenvalue weighted by Gasteiger charge is -2.35. The summed E-state index contributed by atoms with van der Waals surface area (Å²) in [6, 6.07) is 11.7. The number of carbonyl (C=O) groups is 1. The molecule has 3 aromatic rings. The van der Waals surface area contributed by atoms with E-state index in [4.69, 9.17) is 19.2 Å². The van der Waals surface area contributed by atoms with Crippen molar-refractivity contribution in [2.24, 2.45) is 0 Å². The molecule has 0 spiro atoms. The highest BCUT2D eigenvalue weighted by atomic mass is 35.5. The van der Waals surface area contributed by atoms with Crippen LogP contribution in [0, 0.1) is 13.8 Å². The van der Waals surface area contributed by atoms with Crippen molar-refractivity contribution < 1.29 is 19.0 Å². The number of hydrogen-bond acceptors (Lipinski definition) is 7. The van der Waals surface area contributed by atoms with Gasteiger partial charge in [-0.2, -0.15) is 0 Å². The SMILES string of the molecule is Cc1ccc(C)c2sc(N(CCN3CCOCC3)C(=O)C3Oc4ccccc4OC3C)nc12.Cl. The predicted molar refractivity (Wildman–Crippen MR) is 137 cm³/mol. The topological polar surface area (TPSA) is 64.1 Å². The molecule has 1 fully saturated rings. The van der Waals surface area contributed by atoms with Gasteiger partial charge in [0.05, 0.1) is 23.4 Å². The minimum Gasteiger partial charge on any atom is -0.482 e. The highest BCUT2D eigenvalue weighted by molar-refractivity contribution is 7.22. The number of aryl methyl sites for hydroxylation is 2. The number of morpholine rings is 1. The number of rotatable bonds is 5. The summed E-state index contributed by atoms with van der Waals surface area (Å²) in [5.74, 6) is 1.14. The van der Waals surface area contributed by atoms with Gasteiger partial charge in [-0.3, -0.25) is 14.6 Å². The third kappa shape index (κ3) is 4.86. The fraction of sp³-hybridized carbons (Fsp3) is 0.440. The molecule has 5 rings (SSSR count). The van der Waals surface area contributed by atoms with E-state index in [0.29, 0.717) is 23.2 Å². The van der Waals surface area contributed by atoms with Crippen molar-refractivity contribution in [1.29, 1.82) is 0 Å². The lowest BCUT2D eigenvalue weighted by Crippen LogP contribution is -2.52. The Labute approximate surface area is 210 Å². The Morgan fingerprint density at radius 1 is 1.09 bits per heavy atom. The summed E-state index contributed by atoms with van der Waals surface area (Å²) >= 11 is 1.57. The van der Waals surface area contributed by atoms with Crippen LogP contribution in [0.4, 0.5) is 5.13 Å². The molecular formula is C25H30ClN3O4S. The summed E-state index contributed by atoms with van der Waals surface area (Å²) in [6.45, 7) is 10.5. The number of amides is 1. The van der Waals surface area contributed by atoms with E-state index in [1.165, 1.54) is 5.56 Å². The molecule has 182 valence electrons. The third-order valence-electron chi connectivity index (χ3n) is 6.26. The van der Waals surface area contributed by atoms with E-state index in [1.807, 2.05) is 31.2 Å². The largest absolute Gasteiger partial charge is 0.482 e. The molecule has 2 aliphatic heterocycles. The molecule has 2 aliphatic rings. The molecule has 0 radical (unpaired) electrons. The zero-order chi connectivity index (χ0) is 22.9. The number of hydrogen-bond donors (Lipinski definition) is 0. The van der Waals surface area contributed by atoms with Crippen LogP contribution >= 0.6 is 23.7 Å². The monoisotopic (exact) mass is 503 g/mol. The maximum atomic E-state index is 13.9. The van der Waals surface area contributed by atoms with E-state index < -0.39 is 12.2 Å². The van der Waals surface area contributed by atoms with Crippen molar-refractivity contribution >= 4 is 45.0 Å². The molecule has 2 atom stereocenters. The zero-order valence-electron chi connectivity index (χ0n) is 19.7. The molecule has 2 aromatic carbocycles. The Bertz CT molecular complexity index is 1130. The Kier molecular flexibility index (Phi) is 7.62. The van der Waals surface area contributed by atoms with Gasteiger partial charge in [-0.15, -0.1) is 12.4 Å². The van der Waals surface area contributed by atoms with Gasteiger partial charge in [0.1, 0.15) is 6.10 Å². The van der Waals surface area contributed by atoms with Crippen LogP contribution in [0.1, 0.15) is 18.1 Å². The summed E-state index contributed by atoms with van der Waals surface area (Å²) < 4.78 is 18.8. The van der Waals surface area contributed by atoms with Crippen molar-refractivity contribution in [3.8, 4) is 11.5 Å². The quantitative estimate of drug-likeness (QED) is 0.519. The number of thiazole rings is 1. The van der Waals surface area contributed by atoms with E-state index in [0.717, 1.165) is 48.6 Å². The predicted octanol–water partition coefficient (Wildman–Crippen LogP) is 4.23. The summed E-state index contributed by atoms with van der Waals surface area (Å²) in [4.78, 5) is 22.9. The Hall–Kier alpha value is -2.39. The lowest BCUT2D eigenvalue weighted by molar-refractivity contribution is -0.130. The van der Waals surface area contributed by atoms with Gasteiger partial charge >= 0.3 is 0 Å². The second-order valence-corrected chi connectivity index (χ2v) is 9.60. The number of ether oxygens (including phenoxy) is 3. The van der Waals surface area contributed by atoms with Crippen LogP contribution in [-0.4, -0.2) is 67.4 Å². The molecule has 3 heterocycles. The van der Waals surface area contributed by atoms with E-state index in [9.17, 15) is 4.79 Å². The van der Waals surface area contributed by atoms with Gasteiger partial charge < -0.3 is 14.2 Å². The number of benzene rings is 2. The number of halogens is 1. The maximum absolute atomic E-state index is 13.9. The first kappa shape index (κ1) is 24.7. The lowest BCUT2D eigenvalue weighted by atomic mass is 10.1. The van der Waals surface area contributed by atoms with Crippen molar-refractivity contribution in [2.45, 2.75) is 33.0 Å². The van der Waals surface area contributed by atoms with Gasteiger partial charge in [0.25, 0.3) is 5.91 Å². The van der Waals surface area contributed by atoms with Gasteiger partial charge in [-0.25, -0.2) is 4.98 Å². The van der Waals surface area contributed by atoms with Crippen LogP contribution in [0.2, 0.25) is 0 Å². The van der Waals surface area contributed by atoms with Gasteiger partial charge in [-0.1, -0.05) is 35.6 Å². The van der Waals surface area contributed by atoms with Crippen molar-refractivity contribution in [2.75, 3.05) is 44.3 Å². The Balaban J connectivity index is 0.00000274. The average molecular weight is 504 g/mol. The average Bonchev–Trinajstić information content (AvgIpc) is 3.28.